The van der Waals surface area contributed by atoms with Gasteiger partial charge in [0.15, 0.2) is 12.6 Å². The predicted molar refractivity (Wildman–Crippen MR) is 240 cm³/mol. The maximum absolute atomic E-state index is 14.4. The lowest BCUT2D eigenvalue weighted by molar-refractivity contribution is -0.318. The molecular formula is C47H82N4O13. The summed E-state index contributed by atoms with van der Waals surface area (Å²) in [6.45, 7) is 20.0. The van der Waals surface area contributed by atoms with E-state index in [9.17, 15) is 35.1 Å². The van der Waals surface area contributed by atoms with Crippen molar-refractivity contribution in [3.63, 3.8) is 0 Å². The number of aliphatic hydroxyl groups is 5. The van der Waals surface area contributed by atoms with Crippen molar-refractivity contribution in [2.24, 2.45) is 24.8 Å². The lowest BCUT2D eigenvalue weighted by Crippen LogP contribution is -2.61. The molecule has 0 bridgehead atoms. The second kappa shape index (κ2) is 22.1. The average molecular weight is 911 g/mol. The summed E-state index contributed by atoms with van der Waals surface area (Å²) in [7, 11) is 6.98. The van der Waals surface area contributed by atoms with Gasteiger partial charge in [0.2, 0.25) is 0 Å². The third kappa shape index (κ3) is 12.3. The van der Waals surface area contributed by atoms with E-state index in [4.69, 9.17) is 28.4 Å². The van der Waals surface area contributed by atoms with Gasteiger partial charge in [-0.2, -0.15) is 0 Å². The monoisotopic (exact) mass is 911 g/mol. The lowest BCUT2D eigenvalue weighted by atomic mass is 9.77. The van der Waals surface area contributed by atoms with Gasteiger partial charge in [-0.25, -0.2) is 0 Å². The number of ether oxygens (including phenoxy) is 6. The fraction of sp³-hybridized carbons (Fsp3) is 0.830. The van der Waals surface area contributed by atoms with Gasteiger partial charge < -0.3 is 68.7 Å². The Bertz CT molecular complexity index is 1710. The number of rotatable bonds is 11. The quantitative estimate of drug-likeness (QED) is 0.176. The molecule has 0 unspecified atom stereocenters. The Balaban J connectivity index is 1.76. The number of amides is 1. The molecule has 3 saturated heterocycles. The van der Waals surface area contributed by atoms with E-state index in [0.29, 0.717) is 30.9 Å². The Morgan fingerprint density at radius 1 is 1.02 bits per heavy atom. The number of carbonyl (C=O) groups excluding carboxylic acids is 2. The molecule has 1 amide bonds. The number of carbonyl (C=O) groups is 2. The van der Waals surface area contributed by atoms with Crippen LogP contribution in [0, 0.1) is 17.8 Å². The molecule has 3 fully saturated rings. The van der Waals surface area contributed by atoms with Crippen LogP contribution < -0.4 is 5.32 Å². The fourth-order valence-electron chi connectivity index (χ4n) is 10.2. The summed E-state index contributed by atoms with van der Waals surface area (Å²) in [5.41, 5.74) is -3.41. The second-order valence-corrected chi connectivity index (χ2v) is 19.9. The van der Waals surface area contributed by atoms with Crippen LogP contribution in [0.1, 0.15) is 112 Å². The van der Waals surface area contributed by atoms with Gasteiger partial charge in [-0.1, -0.05) is 26.8 Å². The number of allylic oxidation sites excluding steroid dienone is 1. The molecule has 0 saturated carbocycles. The normalized spacial score (nSPS) is 42.7. The molecule has 1 aromatic rings. The SMILES string of the molecule is CC=C(CN(C)[C@H]1C[C@@H](C)O[C@@H](O[C@@H]2[C@@H](C)[C@H](O[C@H]3C[C@@](C)(OC)[C@@H](O)[C@H](C)O3)[C@@H](C)C(=O)O[C@H](CC)[C@@](C)(O)[C@H](O)[C@@H](C)N(C)C[C@H](C)C[C@@]2(C)O)[C@@H]1O)NC(=O)c1cccn1C. The maximum atomic E-state index is 14.4. The average Bonchev–Trinajstić information content (AvgIpc) is 3.67. The molecule has 368 valence electrons. The standard InChI is InChI=1S/C47H82N4O13/c1-16-32(48-42(55)33-19-18-20-49(33)12)25-51(14)34-21-27(4)60-44(37(34)52)64-41-28(5)38(63-36-23-46(10,59-15)40(54)31(8)61-36)29(6)43(56)62-35(17-2)47(11,58)39(53)30(7)50(13)24-26(3)22-45(41,9)57/h16,18-20,26-31,34-41,44,52-54,57-58H,17,21-25H2,1-15H3,(H,48,55)/t26-,27-,28+,29-,30-,31+,34+,35-,36+,37-,38+,39-,40+,41-,44+,45-,46-,47-/m1/s1. The Labute approximate surface area is 381 Å². The second-order valence-electron chi connectivity index (χ2n) is 19.9. The summed E-state index contributed by atoms with van der Waals surface area (Å²) in [4.78, 5) is 31.4. The van der Waals surface area contributed by atoms with E-state index in [1.165, 1.54) is 14.0 Å². The van der Waals surface area contributed by atoms with Crippen molar-refractivity contribution in [3.8, 4) is 0 Å². The first kappa shape index (κ1) is 54.1. The van der Waals surface area contributed by atoms with Crippen LogP contribution in [0.2, 0.25) is 0 Å². The summed E-state index contributed by atoms with van der Waals surface area (Å²) in [6.07, 6.45) is -5.70. The zero-order valence-corrected chi connectivity index (χ0v) is 41.1. The number of nitrogens with zero attached hydrogens (tertiary/aromatic N) is 3. The number of nitrogens with one attached hydrogen (secondary N) is 1. The molecule has 0 radical (unpaired) electrons. The van der Waals surface area contributed by atoms with Crippen molar-refractivity contribution in [2.75, 3.05) is 34.3 Å². The van der Waals surface area contributed by atoms with Crippen molar-refractivity contribution < 1.29 is 63.5 Å². The van der Waals surface area contributed by atoms with Crippen molar-refractivity contribution in [1.29, 1.82) is 0 Å². The number of cyclic esters (lactones) is 1. The summed E-state index contributed by atoms with van der Waals surface area (Å²) < 4.78 is 39.9. The van der Waals surface area contributed by atoms with E-state index < -0.39 is 108 Å². The van der Waals surface area contributed by atoms with E-state index in [1.54, 1.807) is 78.4 Å². The third-order valence-corrected chi connectivity index (χ3v) is 14.3. The lowest BCUT2D eigenvalue weighted by Gasteiger charge is -2.49. The van der Waals surface area contributed by atoms with E-state index >= 15 is 0 Å². The molecule has 17 heteroatoms. The molecule has 0 aromatic carbocycles. The van der Waals surface area contributed by atoms with E-state index in [0.717, 1.165) is 0 Å². The van der Waals surface area contributed by atoms with Gasteiger partial charge >= 0.3 is 5.97 Å². The number of likely N-dealkylation sites (N-methyl/N-ethyl adjacent to an activating group) is 2. The van der Waals surface area contributed by atoms with Gasteiger partial charge in [-0.15, -0.1) is 0 Å². The highest BCUT2D eigenvalue weighted by Gasteiger charge is 2.53. The van der Waals surface area contributed by atoms with Crippen LogP contribution in [-0.2, 0) is 40.3 Å². The van der Waals surface area contributed by atoms with Crippen LogP contribution in [0.5, 0.6) is 0 Å². The molecule has 64 heavy (non-hydrogen) atoms. The van der Waals surface area contributed by atoms with Gasteiger partial charge in [0.1, 0.15) is 35.7 Å². The van der Waals surface area contributed by atoms with Crippen molar-refractivity contribution in [3.05, 3.63) is 35.8 Å². The molecule has 18 atom stereocenters. The Morgan fingerprint density at radius 2 is 1.67 bits per heavy atom. The van der Waals surface area contributed by atoms with Crippen molar-refractivity contribution in [1.82, 2.24) is 19.7 Å². The molecule has 0 spiro atoms. The molecule has 17 nitrogen and oxygen atoms in total. The van der Waals surface area contributed by atoms with Crippen LogP contribution in [0.15, 0.2) is 30.1 Å². The minimum atomic E-state index is -1.84. The molecule has 0 aliphatic carbocycles. The summed E-state index contributed by atoms with van der Waals surface area (Å²) in [5.74, 6) is -3.08. The molecule has 1 aromatic heterocycles. The number of esters is 1. The highest BCUT2D eigenvalue weighted by atomic mass is 16.7. The molecule has 4 heterocycles. The third-order valence-electron chi connectivity index (χ3n) is 14.3. The Kier molecular flexibility index (Phi) is 18.6. The van der Waals surface area contributed by atoms with Crippen LogP contribution in [-0.4, -0.2) is 176 Å². The molecule has 3 aliphatic rings. The van der Waals surface area contributed by atoms with Gasteiger partial charge in [-0.3, -0.25) is 14.5 Å². The highest BCUT2D eigenvalue weighted by Crippen LogP contribution is 2.40. The van der Waals surface area contributed by atoms with E-state index in [-0.39, 0.29) is 31.1 Å². The van der Waals surface area contributed by atoms with Gasteiger partial charge in [0.25, 0.3) is 5.91 Å². The zero-order chi connectivity index (χ0) is 48.2. The number of hydrogen-bond donors (Lipinski definition) is 6. The first-order valence-corrected chi connectivity index (χ1v) is 23.1. The fourth-order valence-corrected chi connectivity index (χ4v) is 10.2. The molecule has 4 rings (SSSR count). The number of aromatic nitrogens is 1. The maximum Gasteiger partial charge on any atom is 0.311 e. The Morgan fingerprint density at radius 3 is 2.25 bits per heavy atom. The zero-order valence-electron chi connectivity index (χ0n) is 41.1. The first-order chi connectivity index (χ1) is 29.7. The number of methoxy groups -OCH3 is 1. The van der Waals surface area contributed by atoms with Crippen molar-refractivity contribution in [2.45, 2.75) is 192 Å². The number of aliphatic hydroxyl groups excluding tert-OH is 3. The van der Waals surface area contributed by atoms with Crippen LogP contribution in [0.4, 0.5) is 0 Å². The Hall–Kier alpha value is -2.52. The van der Waals surface area contributed by atoms with Gasteiger partial charge in [0.05, 0.1) is 41.5 Å². The van der Waals surface area contributed by atoms with Gasteiger partial charge in [-0.05, 0) is 107 Å². The van der Waals surface area contributed by atoms with Crippen LogP contribution >= 0.6 is 0 Å². The summed E-state index contributed by atoms with van der Waals surface area (Å²) >= 11 is 0. The minimum absolute atomic E-state index is 0.0947. The first-order valence-electron chi connectivity index (χ1n) is 23.1. The summed E-state index contributed by atoms with van der Waals surface area (Å²) in [5, 5.41) is 62.4. The van der Waals surface area contributed by atoms with Crippen LogP contribution in [0.25, 0.3) is 0 Å². The number of aryl methyl sites for hydroxylation is 1. The smallest absolute Gasteiger partial charge is 0.311 e. The molecule has 6 N–H and O–H groups in total. The molecule has 3 aliphatic heterocycles. The largest absolute Gasteiger partial charge is 0.459 e. The highest BCUT2D eigenvalue weighted by molar-refractivity contribution is 5.93. The van der Waals surface area contributed by atoms with Gasteiger partial charge in [0, 0.05) is 63.6 Å². The molecular weight excluding hydrogens is 829 g/mol. The van der Waals surface area contributed by atoms with Crippen molar-refractivity contribution >= 4 is 11.9 Å². The summed E-state index contributed by atoms with van der Waals surface area (Å²) in [6, 6.07) is 2.45. The van der Waals surface area contributed by atoms with Crippen LogP contribution in [0.3, 0.4) is 0 Å². The van der Waals surface area contributed by atoms with E-state index in [1.807, 2.05) is 50.7 Å². The van der Waals surface area contributed by atoms with E-state index in [2.05, 4.69) is 5.32 Å². The predicted octanol–water partition coefficient (Wildman–Crippen LogP) is 2.94. The number of hydrogen-bond acceptors (Lipinski definition) is 15. The topological polar surface area (TPSA) is 214 Å². The minimum Gasteiger partial charge on any atom is -0.459 e.